The molecule has 1 aliphatic carbocycles. The molecule has 1 aromatic rings. The molecule has 2 nitrogen and oxygen atoms in total. The van der Waals surface area contributed by atoms with E-state index in [1.807, 2.05) is 12.1 Å². The summed E-state index contributed by atoms with van der Waals surface area (Å²) in [5, 5.41) is 0. The summed E-state index contributed by atoms with van der Waals surface area (Å²) in [6.45, 7) is 7.85. The average Bonchev–Trinajstić information content (AvgIpc) is 2.48. The van der Waals surface area contributed by atoms with Crippen LogP contribution < -0.4 is 0 Å². The van der Waals surface area contributed by atoms with Crippen LogP contribution in [0.3, 0.4) is 0 Å². The number of rotatable bonds is 3. The SMILES string of the molecule is C[C@H]1CCC[C@@H](N2CCN(Cc3cccc(F)c3)CC2)C1. The second-order valence-corrected chi connectivity index (χ2v) is 6.87. The Kier molecular flexibility index (Phi) is 4.91. The monoisotopic (exact) mass is 290 g/mol. The Hall–Kier alpha value is -0.930. The molecule has 2 aliphatic rings. The van der Waals surface area contributed by atoms with Gasteiger partial charge < -0.3 is 0 Å². The van der Waals surface area contributed by atoms with E-state index in [-0.39, 0.29) is 5.82 Å². The normalized spacial score (nSPS) is 28.7. The highest BCUT2D eigenvalue weighted by Gasteiger charge is 2.27. The summed E-state index contributed by atoms with van der Waals surface area (Å²) in [4.78, 5) is 5.15. The van der Waals surface area contributed by atoms with Gasteiger partial charge in [-0.15, -0.1) is 0 Å². The number of hydrogen-bond acceptors (Lipinski definition) is 2. The predicted octanol–water partition coefficient (Wildman–Crippen LogP) is 3.52. The fourth-order valence-electron chi connectivity index (χ4n) is 3.91. The topological polar surface area (TPSA) is 6.48 Å². The summed E-state index contributed by atoms with van der Waals surface area (Å²) < 4.78 is 13.2. The number of piperazine rings is 1. The van der Waals surface area contributed by atoms with E-state index in [0.717, 1.165) is 37.2 Å². The highest BCUT2D eigenvalue weighted by Crippen LogP contribution is 2.28. The molecule has 2 fully saturated rings. The Labute approximate surface area is 127 Å². The fraction of sp³-hybridized carbons (Fsp3) is 0.667. The van der Waals surface area contributed by atoms with Gasteiger partial charge >= 0.3 is 0 Å². The van der Waals surface area contributed by atoms with E-state index in [2.05, 4.69) is 16.7 Å². The quantitative estimate of drug-likeness (QED) is 0.840. The van der Waals surface area contributed by atoms with Crippen molar-refractivity contribution in [2.24, 2.45) is 5.92 Å². The van der Waals surface area contributed by atoms with E-state index < -0.39 is 0 Å². The molecule has 0 N–H and O–H groups in total. The second kappa shape index (κ2) is 6.89. The van der Waals surface area contributed by atoms with Crippen molar-refractivity contribution < 1.29 is 4.39 Å². The van der Waals surface area contributed by atoms with Crippen LogP contribution in [0.25, 0.3) is 0 Å². The molecule has 1 heterocycles. The number of nitrogens with zero attached hydrogens (tertiary/aromatic N) is 2. The number of halogens is 1. The van der Waals surface area contributed by atoms with Crippen molar-refractivity contribution in [3.8, 4) is 0 Å². The fourth-order valence-corrected chi connectivity index (χ4v) is 3.91. The van der Waals surface area contributed by atoms with Gasteiger partial charge in [0.1, 0.15) is 5.82 Å². The van der Waals surface area contributed by atoms with Gasteiger partial charge in [0.25, 0.3) is 0 Å². The zero-order valence-corrected chi connectivity index (χ0v) is 13.1. The zero-order valence-electron chi connectivity index (χ0n) is 13.1. The molecule has 0 unspecified atom stereocenters. The molecule has 1 aromatic carbocycles. The third-order valence-electron chi connectivity index (χ3n) is 5.13. The molecule has 116 valence electrons. The Balaban J connectivity index is 1.48. The molecule has 0 spiro atoms. The summed E-state index contributed by atoms with van der Waals surface area (Å²) >= 11 is 0. The first-order valence-corrected chi connectivity index (χ1v) is 8.41. The van der Waals surface area contributed by atoms with Gasteiger partial charge in [-0.2, -0.15) is 0 Å². The minimum absolute atomic E-state index is 0.123. The first kappa shape index (κ1) is 15.0. The molecule has 0 radical (unpaired) electrons. The molecule has 0 aromatic heterocycles. The smallest absolute Gasteiger partial charge is 0.123 e. The summed E-state index contributed by atoms with van der Waals surface area (Å²) in [5.74, 6) is 0.774. The van der Waals surface area contributed by atoms with Gasteiger partial charge in [0.15, 0.2) is 0 Å². The zero-order chi connectivity index (χ0) is 14.7. The lowest BCUT2D eigenvalue weighted by Crippen LogP contribution is -2.50. The molecule has 3 heteroatoms. The van der Waals surface area contributed by atoms with Crippen LogP contribution in [0.2, 0.25) is 0 Å². The molecule has 21 heavy (non-hydrogen) atoms. The number of benzene rings is 1. The predicted molar refractivity (Wildman–Crippen MR) is 84.7 cm³/mol. The minimum Gasteiger partial charge on any atom is -0.298 e. The van der Waals surface area contributed by atoms with Crippen molar-refractivity contribution in [3.63, 3.8) is 0 Å². The third kappa shape index (κ3) is 4.04. The van der Waals surface area contributed by atoms with Crippen LogP contribution in [0.4, 0.5) is 4.39 Å². The average molecular weight is 290 g/mol. The van der Waals surface area contributed by atoms with E-state index >= 15 is 0 Å². The highest BCUT2D eigenvalue weighted by molar-refractivity contribution is 5.16. The Morgan fingerprint density at radius 3 is 2.67 bits per heavy atom. The first-order chi connectivity index (χ1) is 10.2. The lowest BCUT2D eigenvalue weighted by atomic mass is 9.86. The molecule has 2 atom stereocenters. The van der Waals surface area contributed by atoms with Crippen LogP contribution in [0.15, 0.2) is 24.3 Å². The van der Waals surface area contributed by atoms with Crippen LogP contribution in [0.5, 0.6) is 0 Å². The van der Waals surface area contributed by atoms with Gasteiger partial charge in [0, 0.05) is 38.8 Å². The Bertz CT molecular complexity index is 454. The van der Waals surface area contributed by atoms with Crippen molar-refractivity contribution in [2.45, 2.75) is 45.2 Å². The van der Waals surface area contributed by atoms with Gasteiger partial charge in [-0.1, -0.05) is 31.9 Å². The first-order valence-electron chi connectivity index (χ1n) is 8.41. The maximum atomic E-state index is 13.2. The molecule has 1 saturated heterocycles. The largest absolute Gasteiger partial charge is 0.298 e. The van der Waals surface area contributed by atoms with Gasteiger partial charge in [0.05, 0.1) is 0 Å². The highest BCUT2D eigenvalue weighted by atomic mass is 19.1. The van der Waals surface area contributed by atoms with Gasteiger partial charge in [-0.25, -0.2) is 4.39 Å². The second-order valence-electron chi connectivity index (χ2n) is 6.87. The summed E-state index contributed by atoms with van der Waals surface area (Å²) in [5.41, 5.74) is 1.09. The van der Waals surface area contributed by atoms with Crippen LogP contribution >= 0.6 is 0 Å². The minimum atomic E-state index is -0.123. The molecule has 3 rings (SSSR count). The van der Waals surface area contributed by atoms with Crippen molar-refractivity contribution in [1.82, 2.24) is 9.80 Å². The van der Waals surface area contributed by atoms with E-state index in [9.17, 15) is 4.39 Å². The third-order valence-corrected chi connectivity index (χ3v) is 5.13. The van der Waals surface area contributed by atoms with Gasteiger partial charge in [-0.05, 0) is 36.5 Å². The Morgan fingerprint density at radius 2 is 1.95 bits per heavy atom. The molecule has 1 aliphatic heterocycles. The van der Waals surface area contributed by atoms with E-state index in [4.69, 9.17) is 0 Å². The number of hydrogen-bond donors (Lipinski definition) is 0. The van der Waals surface area contributed by atoms with E-state index in [1.54, 1.807) is 6.07 Å². The van der Waals surface area contributed by atoms with Crippen molar-refractivity contribution in [3.05, 3.63) is 35.6 Å². The van der Waals surface area contributed by atoms with E-state index in [1.165, 1.54) is 44.8 Å². The lowest BCUT2D eigenvalue weighted by Gasteiger charge is -2.42. The van der Waals surface area contributed by atoms with Crippen LogP contribution in [-0.4, -0.2) is 42.0 Å². The van der Waals surface area contributed by atoms with Crippen molar-refractivity contribution in [1.29, 1.82) is 0 Å². The summed E-state index contributed by atoms with van der Waals surface area (Å²) in [6, 6.07) is 7.83. The van der Waals surface area contributed by atoms with Crippen molar-refractivity contribution >= 4 is 0 Å². The van der Waals surface area contributed by atoms with Crippen LogP contribution in [-0.2, 0) is 6.54 Å². The lowest BCUT2D eigenvalue weighted by molar-refractivity contribution is 0.0659. The van der Waals surface area contributed by atoms with Gasteiger partial charge in [0.2, 0.25) is 0 Å². The Morgan fingerprint density at radius 1 is 1.14 bits per heavy atom. The van der Waals surface area contributed by atoms with Crippen LogP contribution in [0.1, 0.15) is 38.2 Å². The molecule has 1 saturated carbocycles. The van der Waals surface area contributed by atoms with E-state index in [0.29, 0.717) is 0 Å². The summed E-state index contributed by atoms with van der Waals surface area (Å²) in [7, 11) is 0. The molecular formula is C18H27FN2. The van der Waals surface area contributed by atoms with Crippen LogP contribution in [0, 0.1) is 11.7 Å². The molecular weight excluding hydrogens is 263 g/mol. The maximum Gasteiger partial charge on any atom is 0.123 e. The molecule has 0 bridgehead atoms. The van der Waals surface area contributed by atoms with Crippen molar-refractivity contribution in [2.75, 3.05) is 26.2 Å². The van der Waals surface area contributed by atoms with Gasteiger partial charge in [-0.3, -0.25) is 9.80 Å². The maximum absolute atomic E-state index is 13.2. The summed E-state index contributed by atoms with van der Waals surface area (Å²) in [6.07, 6.45) is 5.57. The molecule has 0 amide bonds. The standard InChI is InChI=1S/C18H27FN2/c1-15-4-2-7-18(12-15)21-10-8-20(9-11-21)14-16-5-3-6-17(19)13-16/h3,5-6,13,15,18H,2,4,7-12,14H2,1H3/t15-,18+/m0/s1.